The van der Waals surface area contributed by atoms with E-state index in [2.05, 4.69) is 6.92 Å². The number of carbonyl (C=O) groups excluding carboxylic acids is 2. The van der Waals surface area contributed by atoms with E-state index in [4.69, 9.17) is 12.2 Å². The Balaban J connectivity index is 1.39. The third-order valence-corrected chi connectivity index (χ3v) is 6.76. The number of carbonyl (C=O) groups is 2. The number of nitrogens with zero attached hydrogens (tertiary/aromatic N) is 2. The highest BCUT2D eigenvalue weighted by Crippen LogP contribution is 2.32. The van der Waals surface area contributed by atoms with Gasteiger partial charge in [-0.15, -0.1) is 0 Å². The second-order valence-corrected chi connectivity index (χ2v) is 9.29. The van der Waals surface area contributed by atoms with Crippen molar-refractivity contribution in [3.8, 4) is 0 Å². The molecular formula is C22H28N2O2S2. The maximum atomic E-state index is 12.6. The standard InChI is InChI=1S/C22H28N2O2S2/c1-17-11-14-23(15-12-17)20(25)10-6-3-7-13-24-21(26)19(28-22(24)27)16-18-8-4-2-5-9-18/h2,4-5,8-9,16-17H,3,6-7,10-15H2,1H3. The quantitative estimate of drug-likeness (QED) is 0.367. The number of likely N-dealkylation sites (tertiary alicyclic amines) is 1. The summed E-state index contributed by atoms with van der Waals surface area (Å²) in [7, 11) is 0. The highest BCUT2D eigenvalue weighted by atomic mass is 32.2. The van der Waals surface area contributed by atoms with Crippen LogP contribution >= 0.6 is 24.0 Å². The number of rotatable bonds is 7. The molecule has 0 spiro atoms. The van der Waals surface area contributed by atoms with E-state index in [0.717, 1.165) is 56.7 Å². The van der Waals surface area contributed by atoms with E-state index in [1.807, 2.05) is 41.3 Å². The van der Waals surface area contributed by atoms with Crippen LogP contribution in [-0.4, -0.2) is 45.6 Å². The van der Waals surface area contributed by atoms with Gasteiger partial charge in [-0.25, -0.2) is 0 Å². The van der Waals surface area contributed by atoms with Gasteiger partial charge in [0.25, 0.3) is 5.91 Å². The van der Waals surface area contributed by atoms with E-state index in [1.165, 1.54) is 11.8 Å². The molecule has 0 unspecified atom stereocenters. The van der Waals surface area contributed by atoms with Crippen molar-refractivity contribution in [2.24, 2.45) is 5.92 Å². The maximum Gasteiger partial charge on any atom is 0.266 e. The lowest BCUT2D eigenvalue weighted by molar-refractivity contribution is -0.132. The molecule has 0 radical (unpaired) electrons. The number of hydrogen-bond donors (Lipinski definition) is 0. The van der Waals surface area contributed by atoms with Crippen LogP contribution < -0.4 is 0 Å². The molecule has 2 amide bonds. The molecule has 1 aromatic rings. The van der Waals surface area contributed by atoms with Crippen LogP contribution in [0.15, 0.2) is 35.2 Å². The topological polar surface area (TPSA) is 40.6 Å². The van der Waals surface area contributed by atoms with Crippen molar-refractivity contribution in [1.82, 2.24) is 9.80 Å². The van der Waals surface area contributed by atoms with Gasteiger partial charge in [0, 0.05) is 26.1 Å². The number of thiocarbonyl (C=S) groups is 1. The van der Waals surface area contributed by atoms with Crippen LogP contribution in [0, 0.1) is 5.92 Å². The number of unbranched alkanes of at least 4 members (excludes halogenated alkanes) is 2. The monoisotopic (exact) mass is 416 g/mol. The van der Waals surface area contributed by atoms with Crippen molar-refractivity contribution >= 4 is 46.2 Å². The Bertz CT molecular complexity index is 740. The van der Waals surface area contributed by atoms with E-state index in [-0.39, 0.29) is 11.8 Å². The fourth-order valence-electron chi connectivity index (χ4n) is 3.53. The van der Waals surface area contributed by atoms with E-state index in [1.54, 1.807) is 4.90 Å². The molecule has 4 nitrogen and oxygen atoms in total. The Labute approximate surface area is 177 Å². The summed E-state index contributed by atoms with van der Waals surface area (Å²) in [6, 6.07) is 9.83. The number of amides is 2. The SMILES string of the molecule is CC1CCN(C(=O)CCCCCN2C(=O)C(=Cc3ccccc3)SC2=S)CC1. The molecule has 2 aliphatic rings. The molecule has 2 heterocycles. The van der Waals surface area contributed by atoms with Crippen LogP contribution in [0.1, 0.15) is 51.0 Å². The molecule has 0 N–H and O–H groups in total. The lowest BCUT2D eigenvalue weighted by Crippen LogP contribution is -2.37. The summed E-state index contributed by atoms with van der Waals surface area (Å²) in [4.78, 5) is 29.3. The van der Waals surface area contributed by atoms with Crippen LogP contribution in [0.25, 0.3) is 6.08 Å². The molecule has 28 heavy (non-hydrogen) atoms. The van der Waals surface area contributed by atoms with Gasteiger partial charge >= 0.3 is 0 Å². The highest BCUT2D eigenvalue weighted by molar-refractivity contribution is 8.26. The third kappa shape index (κ3) is 5.67. The predicted molar refractivity (Wildman–Crippen MR) is 120 cm³/mol. The van der Waals surface area contributed by atoms with Crippen molar-refractivity contribution in [3.05, 3.63) is 40.8 Å². The first-order chi connectivity index (χ1) is 13.5. The van der Waals surface area contributed by atoms with Crippen molar-refractivity contribution < 1.29 is 9.59 Å². The molecule has 1 aromatic carbocycles. The van der Waals surface area contributed by atoms with Crippen molar-refractivity contribution in [2.75, 3.05) is 19.6 Å². The largest absolute Gasteiger partial charge is 0.343 e. The fourth-order valence-corrected chi connectivity index (χ4v) is 4.84. The van der Waals surface area contributed by atoms with Crippen molar-refractivity contribution in [1.29, 1.82) is 0 Å². The van der Waals surface area contributed by atoms with Gasteiger partial charge in [0.05, 0.1) is 4.91 Å². The summed E-state index contributed by atoms with van der Waals surface area (Å²) in [6.45, 7) is 4.70. The first-order valence-electron chi connectivity index (χ1n) is 10.1. The second-order valence-electron chi connectivity index (χ2n) is 7.62. The molecule has 2 fully saturated rings. The molecule has 0 bridgehead atoms. The minimum atomic E-state index is -0.00244. The lowest BCUT2D eigenvalue weighted by Gasteiger charge is -2.30. The normalized spacial score (nSPS) is 19.7. The van der Waals surface area contributed by atoms with Crippen LogP contribution in [0.3, 0.4) is 0 Å². The Morgan fingerprint density at radius 3 is 2.61 bits per heavy atom. The Morgan fingerprint density at radius 1 is 1.18 bits per heavy atom. The zero-order valence-electron chi connectivity index (χ0n) is 16.4. The highest BCUT2D eigenvalue weighted by Gasteiger charge is 2.31. The Morgan fingerprint density at radius 2 is 1.89 bits per heavy atom. The van der Waals surface area contributed by atoms with Crippen LogP contribution in [0.4, 0.5) is 0 Å². The lowest BCUT2D eigenvalue weighted by atomic mass is 9.99. The van der Waals surface area contributed by atoms with Gasteiger partial charge in [-0.05, 0) is 43.2 Å². The molecular weight excluding hydrogens is 388 g/mol. The zero-order chi connectivity index (χ0) is 19.9. The second kappa shape index (κ2) is 10.2. The summed E-state index contributed by atoms with van der Waals surface area (Å²) < 4.78 is 0.630. The molecule has 150 valence electrons. The van der Waals surface area contributed by atoms with Gasteiger partial charge in [0.15, 0.2) is 0 Å². The van der Waals surface area contributed by atoms with Crippen LogP contribution in [0.5, 0.6) is 0 Å². The zero-order valence-corrected chi connectivity index (χ0v) is 18.1. The minimum absolute atomic E-state index is 0.00244. The minimum Gasteiger partial charge on any atom is -0.343 e. The third-order valence-electron chi connectivity index (χ3n) is 5.38. The summed E-state index contributed by atoms with van der Waals surface area (Å²) >= 11 is 6.76. The van der Waals surface area contributed by atoms with Crippen molar-refractivity contribution in [2.45, 2.75) is 45.4 Å². The van der Waals surface area contributed by atoms with Gasteiger partial charge in [-0.1, -0.05) is 67.7 Å². The smallest absolute Gasteiger partial charge is 0.266 e. The summed E-state index contributed by atoms with van der Waals surface area (Å²) in [5.41, 5.74) is 1.01. The summed E-state index contributed by atoms with van der Waals surface area (Å²) in [5.74, 6) is 1.02. The molecule has 2 aliphatic heterocycles. The van der Waals surface area contributed by atoms with Gasteiger partial charge in [-0.2, -0.15) is 0 Å². The molecule has 0 atom stereocenters. The molecule has 0 saturated carbocycles. The predicted octanol–water partition coefficient (Wildman–Crippen LogP) is 4.71. The first kappa shape index (κ1) is 21.1. The summed E-state index contributed by atoms with van der Waals surface area (Å²) in [6.07, 6.45) is 7.44. The van der Waals surface area contributed by atoms with Crippen molar-refractivity contribution in [3.63, 3.8) is 0 Å². The van der Waals surface area contributed by atoms with Gasteiger partial charge in [-0.3, -0.25) is 14.5 Å². The Hall–Kier alpha value is -1.66. The van der Waals surface area contributed by atoms with E-state index in [0.29, 0.717) is 22.2 Å². The molecule has 6 heteroatoms. The fraction of sp³-hybridized carbons (Fsp3) is 0.500. The van der Waals surface area contributed by atoms with E-state index in [9.17, 15) is 9.59 Å². The number of hydrogen-bond acceptors (Lipinski definition) is 4. The maximum absolute atomic E-state index is 12.6. The average molecular weight is 417 g/mol. The van der Waals surface area contributed by atoms with Gasteiger partial charge in [0.1, 0.15) is 4.32 Å². The number of thioether (sulfide) groups is 1. The number of piperidine rings is 1. The molecule has 3 rings (SSSR count). The Kier molecular flexibility index (Phi) is 7.68. The first-order valence-corrected chi connectivity index (χ1v) is 11.4. The van der Waals surface area contributed by atoms with Gasteiger partial charge < -0.3 is 4.90 Å². The van der Waals surface area contributed by atoms with Gasteiger partial charge in [0.2, 0.25) is 5.91 Å². The summed E-state index contributed by atoms with van der Waals surface area (Å²) in [5, 5.41) is 0. The molecule has 2 saturated heterocycles. The molecule has 0 aromatic heterocycles. The van der Waals surface area contributed by atoms with Crippen LogP contribution in [-0.2, 0) is 9.59 Å². The number of benzene rings is 1. The average Bonchev–Trinajstić information content (AvgIpc) is 2.96. The van der Waals surface area contributed by atoms with E-state index >= 15 is 0 Å². The molecule has 0 aliphatic carbocycles. The van der Waals surface area contributed by atoms with E-state index < -0.39 is 0 Å². The van der Waals surface area contributed by atoms with Crippen LogP contribution in [0.2, 0.25) is 0 Å².